The number of fused-ring (bicyclic) bond motifs is 10. The second kappa shape index (κ2) is 14.0. The first-order valence-electron chi connectivity index (χ1n) is 21.2. The Morgan fingerprint density at radius 3 is 1.54 bits per heavy atom. The van der Waals surface area contributed by atoms with E-state index < -0.39 is 0 Å². The fourth-order valence-corrected chi connectivity index (χ4v) is 9.64. The average molecular weight is 806 g/mol. The van der Waals surface area contributed by atoms with Crippen LogP contribution in [0.4, 0.5) is 0 Å². The molecule has 294 valence electrons. The summed E-state index contributed by atoms with van der Waals surface area (Å²) in [7, 11) is 0. The fourth-order valence-electron chi connectivity index (χ4n) is 9.64. The SMILES string of the molecule is c1ccc(-c2nc(-c3ccccc3)nc(-c3ccc(-n4c5ccccc5c5cc(-c6ccccc6)c6c(c7ccccc7n6-c6ccccc6)c54)c4c3oc3ccccc34)n2)cc1. The number of furan rings is 1. The van der Waals surface area contributed by atoms with Crippen LogP contribution < -0.4 is 0 Å². The Balaban J connectivity index is 1.18. The van der Waals surface area contributed by atoms with Crippen molar-refractivity contribution in [1.82, 2.24) is 24.1 Å². The van der Waals surface area contributed by atoms with Crippen molar-refractivity contribution in [3.05, 3.63) is 212 Å². The molecule has 0 atom stereocenters. The largest absolute Gasteiger partial charge is 0.455 e. The van der Waals surface area contributed by atoms with Gasteiger partial charge in [0.15, 0.2) is 17.5 Å². The van der Waals surface area contributed by atoms with Crippen molar-refractivity contribution < 1.29 is 4.42 Å². The quantitative estimate of drug-likeness (QED) is 0.168. The molecule has 0 fully saturated rings. The van der Waals surface area contributed by atoms with Gasteiger partial charge in [-0.3, -0.25) is 0 Å². The van der Waals surface area contributed by atoms with E-state index in [0.29, 0.717) is 23.1 Å². The van der Waals surface area contributed by atoms with Crippen molar-refractivity contribution in [2.45, 2.75) is 0 Å². The van der Waals surface area contributed by atoms with Crippen LogP contribution in [0.2, 0.25) is 0 Å². The lowest BCUT2D eigenvalue weighted by Gasteiger charge is -2.15. The van der Waals surface area contributed by atoms with Crippen molar-refractivity contribution in [2.24, 2.45) is 0 Å². The maximum atomic E-state index is 6.97. The van der Waals surface area contributed by atoms with Crippen LogP contribution in [0.1, 0.15) is 0 Å². The highest BCUT2D eigenvalue weighted by molar-refractivity contribution is 6.30. The van der Waals surface area contributed by atoms with Crippen LogP contribution in [-0.2, 0) is 0 Å². The molecule has 0 radical (unpaired) electrons. The minimum atomic E-state index is 0.543. The highest BCUT2D eigenvalue weighted by atomic mass is 16.3. The summed E-state index contributed by atoms with van der Waals surface area (Å²) in [6, 6.07) is 74.4. The molecule has 63 heavy (non-hydrogen) atoms. The summed E-state index contributed by atoms with van der Waals surface area (Å²) >= 11 is 0. The van der Waals surface area contributed by atoms with Crippen LogP contribution in [0.5, 0.6) is 0 Å². The molecule has 4 aromatic heterocycles. The van der Waals surface area contributed by atoms with E-state index in [1.54, 1.807) is 0 Å². The van der Waals surface area contributed by atoms with Crippen molar-refractivity contribution >= 4 is 65.6 Å². The van der Waals surface area contributed by atoms with Gasteiger partial charge in [0.2, 0.25) is 0 Å². The first-order valence-corrected chi connectivity index (χ1v) is 21.2. The minimum absolute atomic E-state index is 0.543. The molecule has 6 heteroatoms. The van der Waals surface area contributed by atoms with Crippen LogP contribution in [0.3, 0.4) is 0 Å². The molecule has 6 nitrogen and oxygen atoms in total. The number of para-hydroxylation sites is 4. The van der Waals surface area contributed by atoms with E-state index in [9.17, 15) is 0 Å². The van der Waals surface area contributed by atoms with E-state index in [-0.39, 0.29) is 0 Å². The van der Waals surface area contributed by atoms with Gasteiger partial charge < -0.3 is 13.6 Å². The third-order valence-corrected chi connectivity index (χ3v) is 12.4. The van der Waals surface area contributed by atoms with Crippen LogP contribution in [0.25, 0.3) is 122 Å². The molecule has 13 rings (SSSR count). The summed E-state index contributed by atoms with van der Waals surface area (Å²) in [5.41, 5.74) is 13.1. The monoisotopic (exact) mass is 805 g/mol. The number of aromatic nitrogens is 5. The summed E-state index contributed by atoms with van der Waals surface area (Å²) in [5.74, 6) is 1.74. The van der Waals surface area contributed by atoms with Gasteiger partial charge in [0.05, 0.1) is 38.7 Å². The van der Waals surface area contributed by atoms with Gasteiger partial charge in [-0.15, -0.1) is 0 Å². The molecule has 0 amide bonds. The van der Waals surface area contributed by atoms with Crippen LogP contribution in [0, 0.1) is 0 Å². The highest BCUT2D eigenvalue weighted by Crippen LogP contribution is 2.48. The summed E-state index contributed by atoms with van der Waals surface area (Å²) in [6.07, 6.45) is 0. The van der Waals surface area contributed by atoms with E-state index >= 15 is 0 Å². The Morgan fingerprint density at radius 1 is 0.349 bits per heavy atom. The molecule has 0 spiro atoms. The third kappa shape index (κ3) is 5.41. The highest BCUT2D eigenvalue weighted by Gasteiger charge is 2.27. The van der Waals surface area contributed by atoms with Crippen molar-refractivity contribution in [1.29, 1.82) is 0 Å². The Kier molecular flexibility index (Phi) is 7.80. The van der Waals surface area contributed by atoms with Gasteiger partial charge in [0.1, 0.15) is 11.2 Å². The van der Waals surface area contributed by atoms with Gasteiger partial charge in [-0.2, -0.15) is 0 Å². The zero-order chi connectivity index (χ0) is 41.4. The second-order valence-corrected chi connectivity index (χ2v) is 15.9. The Bertz CT molecular complexity index is 3830. The van der Waals surface area contributed by atoms with E-state index in [0.717, 1.165) is 72.1 Å². The van der Waals surface area contributed by atoms with Crippen molar-refractivity contribution in [2.75, 3.05) is 0 Å². The zero-order valence-corrected chi connectivity index (χ0v) is 33.9. The molecule has 0 saturated carbocycles. The van der Waals surface area contributed by atoms with Crippen LogP contribution in [0.15, 0.2) is 217 Å². The predicted molar refractivity (Wildman–Crippen MR) is 258 cm³/mol. The van der Waals surface area contributed by atoms with Crippen LogP contribution in [-0.4, -0.2) is 24.1 Å². The number of rotatable bonds is 6. The predicted octanol–water partition coefficient (Wildman–Crippen LogP) is 14.6. The Morgan fingerprint density at radius 2 is 0.873 bits per heavy atom. The number of hydrogen-bond donors (Lipinski definition) is 0. The molecular weight excluding hydrogens is 771 g/mol. The van der Waals surface area contributed by atoms with Crippen molar-refractivity contribution in [3.8, 4) is 56.7 Å². The topological polar surface area (TPSA) is 61.7 Å². The van der Waals surface area contributed by atoms with Crippen molar-refractivity contribution in [3.63, 3.8) is 0 Å². The molecule has 4 heterocycles. The Hall–Kier alpha value is -8.61. The molecule has 0 N–H and O–H groups in total. The first kappa shape index (κ1) is 35.2. The molecule has 0 aliphatic rings. The standard InChI is InChI=1S/C57H35N5O/c1-5-19-36(20-6-1)44-35-45-40-27-13-16-30-46(40)62(53(45)51-41-28-14-17-31-47(41)61(52(44)51)39-25-11-4-12-26-39)48-34-33-43(54-50(48)42-29-15-18-32-49(42)63-54)57-59-55(37-21-7-2-8-22-37)58-56(60-57)38-23-9-3-10-24-38/h1-35H. The number of nitrogens with zero attached hydrogens (tertiary/aromatic N) is 5. The smallest absolute Gasteiger partial charge is 0.167 e. The summed E-state index contributed by atoms with van der Waals surface area (Å²) < 4.78 is 11.9. The van der Waals surface area contributed by atoms with Crippen LogP contribution >= 0.6 is 0 Å². The normalized spacial score (nSPS) is 11.8. The molecule has 9 aromatic carbocycles. The fraction of sp³-hybridized carbons (Fsp3) is 0. The molecule has 0 saturated heterocycles. The minimum Gasteiger partial charge on any atom is -0.455 e. The van der Waals surface area contributed by atoms with Gasteiger partial charge in [0, 0.05) is 49.3 Å². The average Bonchev–Trinajstić information content (AvgIpc) is 4.03. The molecular formula is C57H35N5O. The molecule has 0 aliphatic carbocycles. The van der Waals surface area contributed by atoms with Gasteiger partial charge >= 0.3 is 0 Å². The zero-order valence-electron chi connectivity index (χ0n) is 33.9. The van der Waals surface area contributed by atoms with Gasteiger partial charge in [-0.1, -0.05) is 164 Å². The number of benzene rings is 9. The van der Waals surface area contributed by atoms with Gasteiger partial charge in [-0.05, 0) is 54.1 Å². The lowest BCUT2D eigenvalue weighted by atomic mass is 9.98. The van der Waals surface area contributed by atoms with E-state index in [4.69, 9.17) is 19.4 Å². The van der Waals surface area contributed by atoms with Gasteiger partial charge in [-0.25, -0.2) is 15.0 Å². The lowest BCUT2D eigenvalue weighted by Crippen LogP contribution is -2.01. The summed E-state index contributed by atoms with van der Waals surface area (Å²) in [5, 5.41) is 6.71. The maximum absolute atomic E-state index is 6.97. The Labute approximate surface area is 361 Å². The molecule has 0 aliphatic heterocycles. The second-order valence-electron chi connectivity index (χ2n) is 15.9. The molecule has 13 aromatic rings. The van der Waals surface area contributed by atoms with E-state index in [2.05, 4.69) is 149 Å². The van der Waals surface area contributed by atoms with E-state index in [1.807, 2.05) is 72.8 Å². The lowest BCUT2D eigenvalue weighted by molar-refractivity contribution is 0.669. The number of hydrogen-bond acceptors (Lipinski definition) is 4. The molecule has 0 unspecified atom stereocenters. The van der Waals surface area contributed by atoms with E-state index in [1.165, 1.54) is 27.1 Å². The first-order chi connectivity index (χ1) is 31.3. The van der Waals surface area contributed by atoms with Gasteiger partial charge in [0.25, 0.3) is 0 Å². The third-order valence-electron chi connectivity index (χ3n) is 12.4. The summed E-state index contributed by atoms with van der Waals surface area (Å²) in [4.78, 5) is 15.3. The maximum Gasteiger partial charge on any atom is 0.167 e. The molecule has 0 bridgehead atoms. The summed E-state index contributed by atoms with van der Waals surface area (Å²) in [6.45, 7) is 0.